The van der Waals surface area contributed by atoms with Gasteiger partial charge in [-0.05, 0) is 43.5 Å². The zero-order chi connectivity index (χ0) is 15.4. The molecule has 2 rings (SSSR count). The van der Waals surface area contributed by atoms with Crippen LogP contribution < -0.4 is 16.0 Å². The van der Waals surface area contributed by atoms with E-state index in [0.29, 0.717) is 18.0 Å². The van der Waals surface area contributed by atoms with Gasteiger partial charge in [-0.3, -0.25) is 9.59 Å². The fourth-order valence-corrected chi connectivity index (χ4v) is 2.48. The molecule has 2 amide bonds. The van der Waals surface area contributed by atoms with E-state index in [9.17, 15) is 9.59 Å². The predicted octanol–water partition coefficient (Wildman–Crippen LogP) is 2.28. The molecule has 1 heterocycles. The summed E-state index contributed by atoms with van der Waals surface area (Å²) < 4.78 is 0. The largest absolute Gasteiger partial charge is 0.326 e. The Morgan fingerprint density at radius 1 is 1.33 bits per heavy atom. The van der Waals surface area contributed by atoms with Gasteiger partial charge in [0.25, 0.3) is 0 Å². The molecule has 2 atom stereocenters. The van der Waals surface area contributed by atoms with Crippen molar-refractivity contribution in [1.82, 2.24) is 5.32 Å². The first kappa shape index (κ1) is 15.5. The minimum atomic E-state index is -0.140. The Kier molecular flexibility index (Phi) is 4.96. The van der Waals surface area contributed by atoms with Gasteiger partial charge >= 0.3 is 0 Å². The third-order valence-corrected chi connectivity index (χ3v) is 3.92. The van der Waals surface area contributed by atoms with Crippen LogP contribution in [0.25, 0.3) is 0 Å². The highest BCUT2D eigenvalue weighted by Crippen LogP contribution is 2.22. The number of hydrogen-bond acceptors (Lipinski definition) is 3. The third kappa shape index (κ3) is 3.82. The van der Waals surface area contributed by atoms with E-state index in [1.54, 1.807) is 13.0 Å². The summed E-state index contributed by atoms with van der Waals surface area (Å²) >= 11 is 0. The van der Waals surface area contributed by atoms with Crippen molar-refractivity contribution in [3.05, 3.63) is 23.8 Å². The zero-order valence-electron chi connectivity index (χ0n) is 12.8. The van der Waals surface area contributed by atoms with Crippen LogP contribution in [0.2, 0.25) is 0 Å². The molecule has 1 aromatic carbocycles. The SMILES string of the molecule is CCC(=O)Nc1ccc(C)c(NC(=O)C2NCCC2C)c1. The molecule has 0 bridgehead atoms. The summed E-state index contributed by atoms with van der Waals surface area (Å²) in [6, 6.07) is 5.40. The monoisotopic (exact) mass is 289 g/mol. The molecular weight excluding hydrogens is 266 g/mol. The molecule has 5 nitrogen and oxygen atoms in total. The van der Waals surface area contributed by atoms with Gasteiger partial charge in [-0.1, -0.05) is 19.9 Å². The maximum absolute atomic E-state index is 12.3. The van der Waals surface area contributed by atoms with Crippen LogP contribution in [0, 0.1) is 12.8 Å². The maximum atomic E-state index is 12.3. The van der Waals surface area contributed by atoms with Gasteiger partial charge in [0, 0.05) is 17.8 Å². The first-order valence-corrected chi connectivity index (χ1v) is 7.46. The van der Waals surface area contributed by atoms with E-state index < -0.39 is 0 Å². The van der Waals surface area contributed by atoms with E-state index in [-0.39, 0.29) is 17.9 Å². The standard InChI is InChI=1S/C16H23N3O2/c1-4-14(20)18-12-6-5-10(2)13(9-12)19-16(21)15-11(3)7-8-17-15/h5-6,9,11,15,17H,4,7-8H2,1-3H3,(H,18,20)(H,19,21). The first-order chi connectivity index (χ1) is 10.0. The van der Waals surface area contributed by atoms with Crippen molar-refractivity contribution in [2.45, 2.75) is 39.7 Å². The number of amides is 2. The van der Waals surface area contributed by atoms with E-state index in [1.807, 2.05) is 19.1 Å². The molecule has 0 spiro atoms. The molecule has 0 aromatic heterocycles. The Morgan fingerprint density at radius 3 is 2.71 bits per heavy atom. The summed E-state index contributed by atoms with van der Waals surface area (Å²) in [5.41, 5.74) is 2.42. The van der Waals surface area contributed by atoms with E-state index in [2.05, 4.69) is 22.9 Å². The lowest BCUT2D eigenvalue weighted by Crippen LogP contribution is -2.39. The minimum absolute atomic E-state index is 0.0120. The van der Waals surface area contributed by atoms with Crippen molar-refractivity contribution in [2.24, 2.45) is 5.92 Å². The zero-order valence-corrected chi connectivity index (χ0v) is 12.8. The maximum Gasteiger partial charge on any atom is 0.241 e. The second-order valence-electron chi connectivity index (χ2n) is 5.62. The van der Waals surface area contributed by atoms with Crippen LogP contribution in [0.15, 0.2) is 18.2 Å². The van der Waals surface area contributed by atoms with Crippen molar-refractivity contribution >= 4 is 23.2 Å². The van der Waals surface area contributed by atoms with Gasteiger partial charge < -0.3 is 16.0 Å². The number of aryl methyl sites for hydroxylation is 1. The van der Waals surface area contributed by atoms with Crippen molar-refractivity contribution in [2.75, 3.05) is 17.2 Å². The summed E-state index contributed by atoms with van der Waals surface area (Å²) in [5, 5.41) is 8.99. The lowest BCUT2D eigenvalue weighted by molar-refractivity contribution is -0.118. The average molecular weight is 289 g/mol. The highest BCUT2D eigenvalue weighted by Gasteiger charge is 2.29. The molecule has 114 valence electrons. The topological polar surface area (TPSA) is 70.2 Å². The minimum Gasteiger partial charge on any atom is -0.326 e. The van der Waals surface area contributed by atoms with Gasteiger partial charge in [-0.15, -0.1) is 0 Å². The van der Waals surface area contributed by atoms with E-state index >= 15 is 0 Å². The summed E-state index contributed by atoms with van der Waals surface area (Å²) in [5.74, 6) is 0.289. The van der Waals surface area contributed by atoms with E-state index in [4.69, 9.17) is 0 Å². The fourth-order valence-electron chi connectivity index (χ4n) is 2.48. The highest BCUT2D eigenvalue weighted by molar-refractivity contribution is 5.97. The second kappa shape index (κ2) is 6.72. The number of rotatable bonds is 4. The van der Waals surface area contributed by atoms with Crippen LogP contribution in [-0.2, 0) is 9.59 Å². The van der Waals surface area contributed by atoms with Crippen molar-refractivity contribution in [3.63, 3.8) is 0 Å². The molecule has 0 saturated carbocycles. The van der Waals surface area contributed by atoms with Gasteiger partial charge in [0.1, 0.15) is 0 Å². The van der Waals surface area contributed by atoms with Crippen LogP contribution >= 0.6 is 0 Å². The summed E-state index contributed by atoms with van der Waals surface area (Å²) in [6.07, 6.45) is 1.45. The fraction of sp³-hybridized carbons (Fsp3) is 0.500. The molecule has 1 saturated heterocycles. The molecule has 0 aliphatic carbocycles. The van der Waals surface area contributed by atoms with Gasteiger partial charge in [0.2, 0.25) is 11.8 Å². The number of anilines is 2. The van der Waals surface area contributed by atoms with Crippen LogP contribution in [0.1, 0.15) is 32.3 Å². The Balaban J connectivity index is 2.09. The lowest BCUT2D eigenvalue weighted by Gasteiger charge is -2.17. The Hall–Kier alpha value is -1.88. The third-order valence-electron chi connectivity index (χ3n) is 3.92. The molecule has 0 radical (unpaired) electrons. The Labute approximate surface area is 125 Å². The van der Waals surface area contributed by atoms with Crippen LogP contribution in [0.3, 0.4) is 0 Å². The number of nitrogens with one attached hydrogen (secondary N) is 3. The summed E-state index contributed by atoms with van der Waals surface area (Å²) in [4.78, 5) is 23.7. The Bertz CT molecular complexity index is 542. The van der Waals surface area contributed by atoms with E-state index in [0.717, 1.165) is 24.2 Å². The second-order valence-corrected chi connectivity index (χ2v) is 5.62. The number of carbonyl (C=O) groups excluding carboxylic acids is 2. The van der Waals surface area contributed by atoms with Crippen LogP contribution in [-0.4, -0.2) is 24.4 Å². The summed E-state index contributed by atoms with van der Waals surface area (Å²) in [7, 11) is 0. The van der Waals surface area contributed by atoms with Gasteiger partial charge in [-0.25, -0.2) is 0 Å². The molecule has 2 unspecified atom stereocenters. The molecule has 1 aliphatic heterocycles. The van der Waals surface area contributed by atoms with Gasteiger partial charge in [-0.2, -0.15) is 0 Å². The normalized spacial score (nSPS) is 21.1. The molecule has 21 heavy (non-hydrogen) atoms. The smallest absolute Gasteiger partial charge is 0.241 e. The van der Waals surface area contributed by atoms with Crippen molar-refractivity contribution in [1.29, 1.82) is 0 Å². The molecule has 1 aromatic rings. The number of benzene rings is 1. The van der Waals surface area contributed by atoms with Crippen molar-refractivity contribution < 1.29 is 9.59 Å². The van der Waals surface area contributed by atoms with Crippen LogP contribution in [0.5, 0.6) is 0 Å². The highest BCUT2D eigenvalue weighted by atomic mass is 16.2. The number of carbonyl (C=O) groups is 2. The molecule has 1 aliphatic rings. The van der Waals surface area contributed by atoms with E-state index in [1.165, 1.54) is 0 Å². The number of hydrogen-bond donors (Lipinski definition) is 3. The average Bonchev–Trinajstić information content (AvgIpc) is 2.88. The Morgan fingerprint density at radius 2 is 2.10 bits per heavy atom. The van der Waals surface area contributed by atoms with Gasteiger partial charge in [0.15, 0.2) is 0 Å². The molecule has 1 fully saturated rings. The predicted molar refractivity (Wildman–Crippen MR) is 84.3 cm³/mol. The molecular formula is C16H23N3O2. The van der Waals surface area contributed by atoms with Crippen molar-refractivity contribution in [3.8, 4) is 0 Å². The van der Waals surface area contributed by atoms with Gasteiger partial charge in [0.05, 0.1) is 6.04 Å². The van der Waals surface area contributed by atoms with Crippen LogP contribution in [0.4, 0.5) is 11.4 Å². The summed E-state index contributed by atoms with van der Waals surface area (Å²) in [6.45, 7) is 6.70. The first-order valence-electron chi connectivity index (χ1n) is 7.46. The molecule has 5 heteroatoms. The quantitative estimate of drug-likeness (QED) is 0.796. The lowest BCUT2D eigenvalue weighted by atomic mass is 10.0. The molecule has 3 N–H and O–H groups in total.